The van der Waals surface area contributed by atoms with Gasteiger partial charge < -0.3 is 5.32 Å². The Hall–Kier alpha value is 0.0200. The standard InChI is InChI=1S/C13H19ClN2O2S2.ClH/c1-15-8-10-5-6-16(9-10)20(17,18)11-3-4-13(19-2)12(14)7-11;/h3-4,7,10,15H,5-6,8-9H2,1-2H3;1H. The van der Waals surface area contributed by atoms with Gasteiger partial charge in [0.15, 0.2) is 0 Å². The fourth-order valence-corrected chi connectivity index (χ4v) is 4.92. The van der Waals surface area contributed by atoms with Crippen LogP contribution in [0, 0.1) is 5.92 Å². The number of hydrogen-bond acceptors (Lipinski definition) is 4. The summed E-state index contributed by atoms with van der Waals surface area (Å²) in [6.45, 7) is 2.00. The highest BCUT2D eigenvalue weighted by Gasteiger charge is 2.32. The summed E-state index contributed by atoms with van der Waals surface area (Å²) in [6.07, 6.45) is 2.81. The smallest absolute Gasteiger partial charge is 0.243 e. The van der Waals surface area contributed by atoms with Crippen molar-refractivity contribution in [3.8, 4) is 0 Å². The summed E-state index contributed by atoms with van der Waals surface area (Å²) in [7, 11) is -1.54. The third-order valence-corrected chi connectivity index (χ3v) is 6.58. The van der Waals surface area contributed by atoms with Gasteiger partial charge in [0.1, 0.15) is 0 Å². The molecule has 1 atom stereocenters. The largest absolute Gasteiger partial charge is 0.319 e. The molecule has 0 amide bonds. The van der Waals surface area contributed by atoms with Crippen molar-refractivity contribution < 1.29 is 8.42 Å². The number of benzene rings is 1. The minimum Gasteiger partial charge on any atom is -0.319 e. The molecule has 0 spiro atoms. The molecule has 0 radical (unpaired) electrons. The van der Waals surface area contributed by atoms with Crippen LogP contribution in [0.5, 0.6) is 0 Å². The van der Waals surface area contributed by atoms with Gasteiger partial charge in [0, 0.05) is 18.0 Å². The summed E-state index contributed by atoms with van der Waals surface area (Å²) in [5.74, 6) is 0.385. The van der Waals surface area contributed by atoms with Gasteiger partial charge in [-0.25, -0.2) is 8.42 Å². The highest BCUT2D eigenvalue weighted by molar-refractivity contribution is 7.98. The van der Waals surface area contributed by atoms with E-state index in [1.54, 1.807) is 22.5 Å². The van der Waals surface area contributed by atoms with E-state index >= 15 is 0 Å². The summed E-state index contributed by atoms with van der Waals surface area (Å²) in [5, 5.41) is 3.59. The molecule has 21 heavy (non-hydrogen) atoms. The Morgan fingerprint density at radius 1 is 1.48 bits per heavy atom. The van der Waals surface area contributed by atoms with Crippen molar-refractivity contribution in [2.45, 2.75) is 16.2 Å². The van der Waals surface area contributed by atoms with E-state index in [4.69, 9.17) is 11.6 Å². The zero-order valence-corrected chi connectivity index (χ0v) is 15.2. The Labute approximate surface area is 142 Å². The number of nitrogens with one attached hydrogen (secondary N) is 1. The molecule has 2 rings (SSSR count). The van der Waals surface area contributed by atoms with Gasteiger partial charge in [-0.3, -0.25) is 0 Å². The normalized spacial score (nSPS) is 19.5. The predicted molar refractivity (Wildman–Crippen MR) is 91.3 cm³/mol. The minimum absolute atomic E-state index is 0. The van der Waals surface area contributed by atoms with Crippen LogP contribution in [0.3, 0.4) is 0 Å². The van der Waals surface area contributed by atoms with Gasteiger partial charge >= 0.3 is 0 Å². The molecule has 1 aromatic carbocycles. The monoisotopic (exact) mass is 370 g/mol. The molecule has 1 fully saturated rings. The van der Waals surface area contributed by atoms with Gasteiger partial charge in [-0.2, -0.15) is 4.31 Å². The van der Waals surface area contributed by atoms with E-state index in [1.807, 2.05) is 13.3 Å². The molecule has 1 unspecified atom stereocenters. The number of thioether (sulfide) groups is 1. The van der Waals surface area contributed by atoms with E-state index < -0.39 is 10.0 Å². The lowest BCUT2D eigenvalue weighted by molar-refractivity contribution is 0.451. The van der Waals surface area contributed by atoms with E-state index in [-0.39, 0.29) is 17.3 Å². The van der Waals surface area contributed by atoms with Gasteiger partial charge in [0.2, 0.25) is 10.0 Å². The van der Waals surface area contributed by atoms with Crippen LogP contribution in [0.25, 0.3) is 0 Å². The van der Waals surface area contributed by atoms with Crippen LogP contribution < -0.4 is 5.32 Å². The second-order valence-electron chi connectivity index (χ2n) is 4.87. The molecule has 0 aromatic heterocycles. The van der Waals surface area contributed by atoms with Crippen LogP contribution in [0.1, 0.15) is 6.42 Å². The van der Waals surface area contributed by atoms with Crippen molar-refractivity contribution in [3.63, 3.8) is 0 Å². The molecular formula is C13H20Cl2N2O2S2. The fraction of sp³-hybridized carbons (Fsp3) is 0.538. The molecule has 8 heteroatoms. The van der Waals surface area contributed by atoms with Gasteiger partial charge in [0.25, 0.3) is 0 Å². The summed E-state index contributed by atoms with van der Waals surface area (Å²) >= 11 is 7.61. The van der Waals surface area contributed by atoms with Crippen molar-refractivity contribution in [1.29, 1.82) is 0 Å². The minimum atomic E-state index is -3.43. The first-order chi connectivity index (χ1) is 9.48. The number of rotatable bonds is 5. The van der Waals surface area contributed by atoms with Gasteiger partial charge in [-0.1, -0.05) is 11.6 Å². The summed E-state index contributed by atoms with van der Waals surface area (Å²) in [5.41, 5.74) is 0. The molecule has 1 N–H and O–H groups in total. The number of halogens is 2. The van der Waals surface area contributed by atoms with Gasteiger partial charge in [-0.15, -0.1) is 24.2 Å². The lowest BCUT2D eigenvalue weighted by Crippen LogP contribution is -2.30. The zero-order chi connectivity index (χ0) is 14.8. The molecule has 1 aliphatic heterocycles. The second-order valence-corrected chi connectivity index (χ2v) is 8.06. The van der Waals surface area contributed by atoms with Crippen molar-refractivity contribution in [2.24, 2.45) is 5.92 Å². The summed E-state index contributed by atoms with van der Waals surface area (Å²) in [4.78, 5) is 1.17. The lowest BCUT2D eigenvalue weighted by Gasteiger charge is -2.17. The summed E-state index contributed by atoms with van der Waals surface area (Å²) < 4.78 is 26.7. The van der Waals surface area contributed by atoms with Crippen LogP contribution in [0.15, 0.2) is 28.0 Å². The van der Waals surface area contributed by atoms with Gasteiger partial charge in [0.05, 0.1) is 9.92 Å². The highest BCUT2D eigenvalue weighted by atomic mass is 35.5. The molecule has 1 aromatic rings. The zero-order valence-electron chi connectivity index (χ0n) is 12.0. The molecule has 0 bridgehead atoms. The Morgan fingerprint density at radius 2 is 2.19 bits per heavy atom. The molecule has 1 aliphatic rings. The van der Waals surface area contributed by atoms with Crippen molar-refractivity contribution in [3.05, 3.63) is 23.2 Å². The maximum atomic E-state index is 12.6. The van der Waals surface area contributed by atoms with Crippen LogP contribution in [0.2, 0.25) is 5.02 Å². The van der Waals surface area contributed by atoms with Crippen LogP contribution in [-0.2, 0) is 10.0 Å². The third-order valence-electron chi connectivity index (χ3n) is 3.50. The average molecular weight is 371 g/mol. The maximum Gasteiger partial charge on any atom is 0.243 e. The Bertz CT molecular complexity index is 582. The first-order valence-electron chi connectivity index (χ1n) is 6.47. The molecular weight excluding hydrogens is 351 g/mol. The van der Waals surface area contributed by atoms with Crippen molar-refractivity contribution in [1.82, 2.24) is 9.62 Å². The fourth-order valence-electron chi connectivity index (χ4n) is 2.43. The molecule has 1 saturated heterocycles. The highest BCUT2D eigenvalue weighted by Crippen LogP contribution is 2.30. The molecule has 0 saturated carbocycles. The molecule has 1 heterocycles. The topological polar surface area (TPSA) is 49.4 Å². The van der Waals surface area contributed by atoms with Gasteiger partial charge in [-0.05, 0) is 50.4 Å². The third kappa shape index (κ3) is 4.27. The summed E-state index contributed by atoms with van der Waals surface area (Å²) in [6, 6.07) is 4.95. The predicted octanol–water partition coefficient (Wildman–Crippen LogP) is 2.71. The van der Waals surface area contributed by atoms with Crippen LogP contribution >= 0.6 is 35.8 Å². The maximum absolute atomic E-state index is 12.6. The SMILES string of the molecule is CNCC1CCN(S(=O)(=O)c2ccc(SC)c(Cl)c2)C1.Cl. The first-order valence-corrected chi connectivity index (χ1v) is 9.51. The van der Waals surface area contributed by atoms with E-state index in [1.165, 1.54) is 11.8 Å². The first kappa shape index (κ1) is 19.1. The van der Waals surface area contributed by atoms with Crippen molar-refractivity contribution >= 4 is 45.8 Å². The lowest BCUT2D eigenvalue weighted by atomic mass is 10.1. The van der Waals surface area contributed by atoms with E-state index in [9.17, 15) is 8.42 Å². The Kier molecular flexibility index (Phi) is 7.30. The molecule has 4 nitrogen and oxygen atoms in total. The number of sulfonamides is 1. The number of nitrogens with zero attached hydrogens (tertiary/aromatic N) is 1. The number of hydrogen-bond donors (Lipinski definition) is 1. The van der Waals surface area contributed by atoms with Crippen LogP contribution in [0.4, 0.5) is 0 Å². The van der Waals surface area contributed by atoms with E-state index in [0.29, 0.717) is 24.0 Å². The quantitative estimate of drug-likeness (QED) is 0.809. The van der Waals surface area contributed by atoms with Crippen LogP contribution in [-0.4, -0.2) is 45.7 Å². The molecule has 120 valence electrons. The Balaban J connectivity index is 0.00000220. The molecule has 0 aliphatic carbocycles. The van der Waals surface area contributed by atoms with Crippen molar-refractivity contribution in [2.75, 3.05) is 32.9 Å². The Morgan fingerprint density at radius 3 is 2.76 bits per heavy atom. The average Bonchev–Trinajstić information content (AvgIpc) is 2.88. The van der Waals surface area contributed by atoms with E-state index in [2.05, 4.69) is 5.32 Å². The van der Waals surface area contributed by atoms with E-state index in [0.717, 1.165) is 17.9 Å². The second kappa shape index (κ2) is 8.04.